The van der Waals surface area contributed by atoms with E-state index in [0.29, 0.717) is 12.3 Å². The van der Waals surface area contributed by atoms with Crippen LogP contribution in [0, 0.1) is 5.82 Å². The van der Waals surface area contributed by atoms with Gasteiger partial charge in [-0.1, -0.05) is 12.1 Å². The standard InChI is InChI=1S/C18H21FN2O2S/c1-21(11-13-10-14(19)8-9-16(13)23-2)12-18(22)20-15-6-4-5-7-17(15)24-3/h4-10H,11-12H2,1-3H3,(H,20,22)/p+1. The Morgan fingerprint density at radius 2 is 2.04 bits per heavy atom. The van der Waals surface area contributed by atoms with Crippen molar-refractivity contribution >= 4 is 23.4 Å². The molecule has 0 aliphatic carbocycles. The molecule has 0 aliphatic rings. The Morgan fingerprint density at radius 3 is 2.75 bits per heavy atom. The normalized spacial score (nSPS) is 11.8. The summed E-state index contributed by atoms with van der Waals surface area (Å²) in [4.78, 5) is 14.2. The number of nitrogens with one attached hydrogen (secondary N) is 2. The van der Waals surface area contributed by atoms with Gasteiger partial charge in [0.25, 0.3) is 5.91 Å². The fraction of sp³-hybridized carbons (Fsp3) is 0.278. The summed E-state index contributed by atoms with van der Waals surface area (Å²) in [5.41, 5.74) is 1.55. The molecule has 24 heavy (non-hydrogen) atoms. The highest BCUT2D eigenvalue weighted by atomic mass is 32.2. The summed E-state index contributed by atoms with van der Waals surface area (Å²) < 4.78 is 18.7. The van der Waals surface area contributed by atoms with Crippen molar-refractivity contribution in [2.45, 2.75) is 11.4 Å². The quantitative estimate of drug-likeness (QED) is 0.753. The first-order valence-corrected chi connectivity index (χ1v) is 8.82. The number of methoxy groups -OCH3 is 1. The van der Waals surface area contributed by atoms with E-state index in [1.807, 2.05) is 37.6 Å². The highest BCUT2D eigenvalue weighted by Gasteiger charge is 2.15. The summed E-state index contributed by atoms with van der Waals surface area (Å²) in [6, 6.07) is 12.1. The van der Waals surface area contributed by atoms with Crippen LogP contribution in [0.3, 0.4) is 0 Å². The van der Waals surface area contributed by atoms with E-state index in [1.54, 1.807) is 24.9 Å². The van der Waals surface area contributed by atoms with Crippen molar-refractivity contribution in [2.75, 3.05) is 32.3 Å². The fourth-order valence-corrected chi connectivity index (χ4v) is 3.04. The second kappa shape index (κ2) is 8.70. The molecule has 0 bridgehead atoms. The number of hydrogen-bond acceptors (Lipinski definition) is 3. The Morgan fingerprint density at radius 1 is 1.29 bits per heavy atom. The summed E-state index contributed by atoms with van der Waals surface area (Å²) in [5.74, 6) is 0.241. The van der Waals surface area contributed by atoms with E-state index in [9.17, 15) is 9.18 Å². The molecular formula is C18H22FN2O2S+. The van der Waals surface area contributed by atoms with Crippen LogP contribution in [-0.2, 0) is 11.3 Å². The third-order valence-electron chi connectivity index (χ3n) is 3.58. The molecule has 2 aromatic rings. The molecule has 0 aliphatic heterocycles. The molecule has 0 saturated carbocycles. The number of thioether (sulfide) groups is 1. The molecule has 1 amide bonds. The number of carbonyl (C=O) groups excluding carboxylic acids is 1. The van der Waals surface area contributed by atoms with E-state index < -0.39 is 0 Å². The summed E-state index contributed by atoms with van der Waals surface area (Å²) in [6.45, 7) is 0.779. The molecule has 4 nitrogen and oxygen atoms in total. The second-order valence-electron chi connectivity index (χ2n) is 5.52. The van der Waals surface area contributed by atoms with Gasteiger partial charge in [-0.2, -0.15) is 0 Å². The number of carbonyl (C=O) groups is 1. The molecule has 2 aromatic carbocycles. The van der Waals surface area contributed by atoms with Gasteiger partial charge in [-0.25, -0.2) is 4.39 Å². The zero-order valence-electron chi connectivity index (χ0n) is 14.1. The molecule has 0 spiro atoms. The van der Waals surface area contributed by atoms with Crippen molar-refractivity contribution in [3.8, 4) is 5.75 Å². The maximum atomic E-state index is 13.4. The topological polar surface area (TPSA) is 42.8 Å². The maximum absolute atomic E-state index is 13.4. The van der Waals surface area contributed by atoms with Gasteiger partial charge in [0.05, 0.1) is 25.4 Å². The molecule has 6 heteroatoms. The largest absolute Gasteiger partial charge is 0.496 e. The lowest BCUT2D eigenvalue weighted by atomic mass is 10.2. The number of anilines is 1. The maximum Gasteiger partial charge on any atom is 0.279 e. The predicted octanol–water partition coefficient (Wildman–Crippen LogP) is 2.21. The second-order valence-corrected chi connectivity index (χ2v) is 6.36. The van der Waals surface area contributed by atoms with Gasteiger partial charge in [-0.05, 0) is 36.6 Å². The van der Waals surface area contributed by atoms with Gasteiger partial charge in [-0.3, -0.25) is 4.79 Å². The minimum atomic E-state index is -0.308. The third-order valence-corrected chi connectivity index (χ3v) is 4.37. The molecule has 0 saturated heterocycles. The van der Waals surface area contributed by atoms with Crippen LogP contribution < -0.4 is 15.0 Å². The minimum absolute atomic E-state index is 0.0793. The van der Waals surface area contributed by atoms with Gasteiger partial charge in [0, 0.05) is 4.90 Å². The zero-order chi connectivity index (χ0) is 17.5. The summed E-state index contributed by atoms with van der Waals surface area (Å²) >= 11 is 1.59. The van der Waals surface area contributed by atoms with E-state index in [0.717, 1.165) is 21.0 Å². The van der Waals surface area contributed by atoms with Crippen molar-refractivity contribution in [2.24, 2.45) is 0 Å². The monoisotopic (exact) mass is 349 g/mol. The van der Waals surface area contributed by atoms with Crippen LogP contribution >= 0.6 is 11.8 Å². The molecule has 0 radical (unpaired) electrons. The van der Waals surface area contributed by atoms with Crippen LogP contribution in [0.25, 0.3) is 0 Å². The first kappa shape index (κ1) is 18.3. The summed E-state index contributed by atoms with van der Waals surface area (Å²) in [5, 5.41) is 2.93. The van der Waals surface area contributed by atoms with Crippen molar-refractivity contribution in [3.05, 3.63) is 53.8 Å². The highest BCUT2D eigenvalue weighted by molar-refractivity contribution is 7.98. The minimum Gasteiger partial charge on any atom is -0.496 e. The Hall–Kier alpha value is -2.05. The number of likely N-dealkylation sites (N-methyl/N-ethyl adjacent to an activating group) is 1. The van der Waals surface area contributed by atoms with Crippen molar-refractivity contribution in [1.29, 1.82) is 0 Å². The number of rotatable bonds is 7. The van der Waals surface area contributed by atoms with Gasteiger partial charge in [-0.15, -0.1) is 11.8 Å². The number of para-hydroxylation sites is 1. The molecule has 1 unspecified atom stereocenters. The lowest BCUT2D eigenvalue weighted by molar-refractivity contribution is -0.885. The fourth-order valence-electron chi connectivity index (χ4n) is 2.49. The van der Waals surface area contributed by atoms with E-state index in [4.69, 9.17) is 4.74 Å². The van der Waals surface area contributed by atoms with Crippen LogP contribution in [-0.4, -0.2) is 32.9 Å². The van der Waals surface area contributed by atoms with E-state index >= 15 is 0 Å². The Kier molecular flexibility index (Phi) is 6.63. The number of halogens is 1. The van der Waals surface area contributed by atoms with Crippen LogP contribution in [0.2, 0.25) is 0 Å². The third kappa shape index (κ3) is 4.97. The number of benzene rings is 2. The number of ether oxygens (including phenoxy) is 1. The molecular weight excluding hydrogens is 327 g/mol. The molecule has 128 valence electrons. The summed E-state index contributed by atoms with van der Waals surface area (Å²) in [6.07, 6.45) is 1.97. The number of quaternary nitrogens is 1. The van der Waals surface area contributed by atoms with Gasteiger partial charge in [0.15, 0.2) is 6.54 Å². The average molecular weight is 349 g/mol. The SMILES string of the molecule is COc1ccc(F)cc1C[NH+](C)CC(=O)Nc1ccccc1SC. The van der Waals surface area contributed by atoms with Gasteiger partial charge in [0.2, 0.25) is 0 Å². The first-order valence-electron chi connectivity index (χ1n) is 7.60. The number of hydrogen-bond donors (Lipinski definition) is 2. The van der Waals surface area contributed by atoms with E-state index in [-0.39, 0.29) is 18.3 Å². The van der Waals surface area contributed by atoms with Crippen molar-refractivity contribution < 1.29 is 18.8 Å². The van der Waals surface area contributed by atoms with Crippen LogP contribution in [0.5, 0.6) is 5.75 Å². The highest BCUT2D eigenvalue weighted by Crippen LogP contribution is 2.24. The predicted molar refractivity (Wildman–Crippen MR) is 95.3 cm³/mol. The van der Waals surface area contributed by atoms with Crippen molar-refractivity contribution in [3.63, 3.8) is 0 Å². The number of amides is 1. The first-order chi connectivity index (χ1) is 11.5. The Labute approximate surface area is 146 Å². The van der Waals surface area contributed by atoms with Crippen LogP contribution in [0.4, 0.5) is 10.1 Å². The molecule has 1 atom stereocenters. The van der Waals surface area contributed by atoms with Gasteiger partial charge >= 0.3 is 0 Å². The van der Waals surface area contributed by atoms with Crippen molar-refractivity contribution in [1.82, 2.24) is 0 Å². The average Bonchev–Trinajstić information content (AvgIpc) is 2.55. The van der Waals surface area contributed by atoms with Gasteiger partial charge in [0.1, 0.15) is 18.1 Å². The van der Waals surface area contributed by atoms with Crippen LogP contribution in [0.15, 0.2) is 47.4 Å². The lowest BCUT2D eigenvalue weighted by Crippen LogP contribution is -3.08. The zero-order valence-corrected chi connectivity index (χ0v) is 14.9. The molecule has 0 fully saturated rings. The van der Waals surface area contributed by atoms with Crippen LogP contribution in [0.1, 0.15) is 5.56 Å². The van der Waals surface area contributed by atoms with E-state index in [2.05, 4.69) is 5.32 Å². The molecule has 2 rings (SSSR count). The molecule has 0 heterocycles. The molecule has 2 N–H and O–H groups in total. The lowest BCUT2D eigenvalue weighted by Gasteiger charge is -2.16. The van der Waals surface area contributed by atoms with Gasteiger partial charge < -0.3 is 15.0 Å². The molecule has 0 aromatic heterocycles. The summed E-state index contributed by atoms with van der Waals surface area (Å²) in [7, 11) is 3.45. The smallest absolute Gasteiger partial charge is 0.279 e. The van der Waals surface area contributed by atoms with E-state index in [1.165, 1.54) is 12.1 Å². The Balaban J connectivity index is 1.98. The Bertz CT molecular complexity index is 709.